The Morgan fingerprint density at radius 2 is 2.24 bits per heavy atom. The molecule has 0 aromatic carbocycles. The maximum Gasteiger partial charge on any atom is 0.303 e. The number of carbonyl (C=O) groups is 2. The molecule has 114 valence electrons. The largest absolute Gasteiger partial charge is 0.456 e. The highest BCUT2D eigenvalue weighted by molar-refractivity contribution is 5.90. The summed E-state index contributed by atoms with van der Waals surface area (Å²) in [6, 6.07) is 1.61. The van der Waals surface area contributed by atoms with E-state index in [1.54, 1.807) is 6.07 Å². The number of nitrogens with zero attached hydrogens (tertiary/aromatic N) is 2. The van der Waals surface area contributed by atoms with Crippen LogP contribution in [0.4, 0.5) is 5.82 Å². The van der Waals surface area contributed by atoms with Gasteiger partial charge in [-0.05, 0) is 0 Å². The van der Waals surface area contributed by atoms with Crippen molar-refractivity contribution in [1.29, 1.82) is 0 Å². The van der Waals surface area contributed by atoms with Gasteiger partial charge in [-0.3, -0.25) is 9.59 Å². The first-order chi connectivity index (χ1) is 10.1. The van der Waals surface area contributed by atoms with E-state index < -0.39 is 0 Å². The van der Waals surface area contributed by atoms with Crippen LogP contribution in [0.1, 0.15) is 19.8 Å². The van der Waals surface area contributed by atoms with Gasteiger partial charge >= 0.3 is 5.97 Å². The molecule has 0 radical (unpaired) electrons. The molecule has 3 aliphatic heterocycles. The molecule has 1 aromatic rings. The second-order valence-corrected chi connectivity index (χ2v) is 6.05. The van der Waals surface area contributed by atoms with Gasteiger partial charge in [0.2, 0.25) is 0 Å². The number of carbonyl (C=O) groups excluding carboxylic acids is 2. The molecule has 1 unspecified atom stereocenters. The van der Waals surface area contributed by atoms with Crippen molar-refractivity contribution in [3.63, 3.8) is 0 Å². The Morgan fingerprint density at radius 3 is 2.86 bits per heavy atom. The van der Waals surface area contributed by atoms with E-state index in [0.29, 0.717) is 22.8 Å². The Kier molecular flexibility index (Phi) is 3.67. The van der Waals surface area contributed by atoms with Crippen molar-refractivity contribution >= 4 is 17.7 Å². The smallest absolute Gasteiger partial charge is 0.303 e. The predicted octanol–water partition coefficient (Wildman–Crippen LogP) is 0.785. The van der Waals surface area contributed by atoms with E-state index in [-0.39, 0.29) is 18.0 Å². The molecule has 1 amide bonds. The number of anilines is 1. The molecule has 2 bridgehead atoms. The van der Waals surface area contributed by atoms with Gasteiger partial charge in [0.05, 0.1) is 13.1 Å². The van der Waals surface area contributed by atoms with Crippen LogP contribution in [0.15, 0.2) is 16.9 Å². The molecule has 4 rings (SSSR count). The van der Waals surface area contributed by atoms with Gasteiger partial charge in [0.25, 0.3) is 5.91 Å². The molecule has 1 atom stereocenters. The fraction of sp³-hybridized carbons (Fsp3) is 0.643. The van der Waals surface area contributed by atoms with Crippen LogP contribution in [0.2, 0.25) is 0 Å². The summed E-state index contributed by atoms with van der Waals surface area (Å²) in [5.41, 5.74) is 0. The van der Waals surface area contributed by atoms with E-state index in [1.807, 2.05) is 0 Å². The number of rotatable bonds is 4. The standard InChI is InChI=1S/C14H19N3O4/c1-10(18)21-12-8-17(5-2-11(12)3-6-17)9-14(19)15-13-4-7-20-16-13/h4,7,11-12H,2-3,5-6,8-9H2,1H3/p+1. The molecule has 0 aliphatic carbocycles. The van der Waals surface area contributed by atoms with E-state index in [0.717, 1.165) is 32.5 Å². The van der Waals surface area contributed by atoms with Gasteiger partial charge in [0.1, 0.15) is 12.8 Å². The van der Waals surface area contributed by atoms with Crippen molar-refractivity contribution in [3.8, 4) is 0 Å². The molecule has 3 saturated heterocycles. The third-order valence-corrected chi connectivity index (χ3v) is 4.54. The van der Waals surface area contributed by atoms with Gasteiger partial charge in [0, 0.05) is 31.7 Å². The van der Waals surface area contributed by atoms with E-state index in [2.05, 4.69) is 10.5 Å². The van der Waals surface area contributed by atoms with Gasteiger partial charge in [-0.1, -0.05) is 5.16 Å². The molecule has 0 saturated carbocycles. The normalized spacial score (nSPS) is 30.9. The SMILES string of the molecule is CC(=O)OC1C[N+]2(CC(=O)Nc3ccon3)CCC1CC2. The zero-order chi connectivity index (χ0) is 14.9. The van der Waals surface area contributed by atoms with E-state index in [1.165, 1.54) is 13.2 Å². The van der Waals surface area contributed by atoms with Crippen LogP contribution < -0.4 is 5.32 Å². The van der Waals surface area contributed by atoms with Crippen LogP contribution >= 0.6 is 0 Å². The number of fused-ring (bicyclic) bond motifs is 3. The molecule has 0 spiro atoms. The minimum Gasteiger partial charge on any atom is -0.456 e. The summed E-state index contributed by atoms with van der Waals surface area (Å²) in [6.45, 7) is 4.50. The number of quaternary nitrogens is 1. The van der Waals surface area contributed by atoms with E-state index >= 15 is 0 Å². The molecule has 3 aliphatic rings. The minimum absolute atomic E-state index is 0.0511. The Bertz CT molecular complexity index is 520. The average Bonchev–Trinajstić information content (AvgIpc) is 2.91. The van der Waals surface area contributed by atoms with Crippen molar-refractivity contribution in [2.45, 2.75) is 25.9 Å². The van der Waals surface area contributed by atoms with Crippen LogP contribution in [-0.2, 0) is 14.3 Å². The van der Waals surface area contributed by atoms with Crippen LogP contribution in [0.5, 0.6) is 0 Å². The zero-order valence-corrected chi connectivity index (χ0v) is 12.1. The zero-order valence-electron chi connectivity index (χ0n) is 12.1. The van der Waals surface area contributed by atoms with Crippen LogP contribution in [0.3, 0.4) is 0 Å². The number of esters is 1. The molecule has 1 N–H and O–H groups in total. The molecular weight excluding hydrogens is 274 g/mol. The summed E-state index contributed by atoms with van der Waals surface area (Å²) in [5, 5.41) is 6.41. The molecule has 1 aromatic heterocycles. The maximum atomic E-state index is 12.2. The fourth-order valence-electron chi connectivity index (χ4n) is 3.55. The fourth-order valence-corrected chi connectivity index (χ4v) is 3.55. The third kappa shape index (κ3) is 3.07. The first-order valence-corrected chi connectivity index (χ1v) is 7.29. The van der Waals surface area contributed by atoms with Crippen molar-refractivity contribution in [1.82, 2.24) is 5.16 Å². The summed E-state index contributed by atoms with van der Waals surface area (Å²) in [5.74, 6) is 0.568. The van der Waals surface area contributed by atoms with Crippen LogP contribution in [0, 0.1) is 5.92 Å². The number of amides is 1. The highest BCUT2D eigenvalue weighted by atomic mass is 16.5. The summed E-state index contributed by atoms with van der Waals surface area (Å²) < 4.78 is 10.8. The predicted molar refractivity (Wildman–Crippen MR) is 73.1 cm³/mol. The maximum absolute atomic E-state index is 12.2. The molecule has 21 heavy (non-hydrogen) atoms. The quantitative estimate of drug-likeness (QED) is 0.655. The van der Waals surface area contributed by atoms with E-state index in [9.17, 15) is 9.59 Å². The number of hydrogen-bond donors (Lipinski definition) is 1. The second kappa shape index (κ2) is 5.48. The summed E-state index contributed by atoms with van der Waals surface area (Å²) in [6.07, 6.45) is 3.39. The first-order valence-electron chi connectivity index (χ1n) is 7.29. The molecular formula is C14H20N3O4+. The van der Waals surface area contributed by atoms with Gasteiger partial charge in [-0.25, -0.2) is 0 Å². The summed E-state index contributed by atoms with van der Waals surface area (Å²) in [4.78, 5) is 23.4. The monoisotopic (exact) mass is 294 g/mol. The molecule has 7 nitrogen and oxygen atoms in total. The number of aromatic nitrogens is 1. The lowest BCUT2D eigenvalue weighted by atomic mass is 9.83. The first kappa shape index (κ1) is 14.1. The second-order valence-electron chi connectivity index (χ2n) is 6.05. The Hall–Kier alpha value is -1.89. The number of piperidine rings is 3. The Balaban J connectivity index is 1.63. The highest BCUT2D eigenvalue weighted by Gasteiger charge is 2.48. The topological polar surface area (TPSA) is 81.4 Å². The van der Waals surface area contributed by atoms with E-state index in [4.69, 9.17) is 9.26 Å². The lowest BCUT2D eigenvalue weighted by molar-refractivity contribution is -0.938. The Labute approximate surface area is 122 Å². The van der Waals surface area contributed by atoms with Crippen LogP contribution in [0.25, 0.3) is 0 Å². The third-order valence-electron chi connectivity index (χ3n) is 4.54. The van der Waals surface area contributed by atoms with Gasteiger partial charge < -0.3 is 19.1 Å². The van der Waals surface area contributed by atoms with Crippen molar-refractivity contribution in [2.24, 2.45) is 5.92 Å². The Morgan fingerprint density at radius 1 is 1.48 bits per heavy atom. The van der Waals surface area contributed by atoms with Crippen molar-refractivity contribution in [2.75, 3.05) is 31.5 Å². The lowest BCUT2D eigenvalue weighted by Crippen LogP contribution is -2.66. The number of nitrogens with one attached hydrogen (secondary N) is 1. The van der Waals surface area contributed by atoms with Gasteiger partial charge in [0.15, 0.2) is 18.5 Å². The summed E-state index contributed by atoms with van der Waals surface area (Å²) >= 11 is 0. The lowest BCUT2D eigenvalue weighted by Gasteiger charge is -2.51. The molecule has 7 heteroatoms. The van der Waals surface area contributed by atoms with Crippen molar-refractivity contribution < 1.29 is 23.3 Å². The van der Waals surface area contributed by atoms with Crippen LogP contribution in [-0.4, -0.2) is 53.8 Å². The number of ether oxygens (including phenoxy) is 1. The molecule has 3 fully saturated rings. The van der Waals surface area contributed by atoms with Crippen molar-refractivity contribution in [3.05, 3.63) is 12.3 Å². The molecule has 4 heterocycles. The minimum atomic E-state index is -0.237. The average molecular weight is 294 g/mol. The van der Waals surface area contributed by atoms with Gasteiger partial charge in [-0.2, -0.15) is 0 Å². The highest BCUT2D eigenvalue weighted by Crippen LogP contribution is 2.35. The summed E-state index contributed by atoms with van der Waals surface area (Å²) in [7, 11) is 0. The number of hydrogen-bond acceptors (Lipinski definition) is 5. The van der Waals surface area contributed by atoms with Gasteiger partial charge in [-0.15, -0.1) is 0 Å².